The largest absolute Gasteiger partial charge is 0.416 e. The van der Waals surface area contributed by atoms with Gasteiger partial charge in [-0.3, -0.25) is 0 Å². The molecule has 0 bridgehead atoms. The lowest BCUT2D eigenvalue weighted by Gasteiger charge is -2.32. The number of hydrogen-bond donors (Lipinski definition) is 3. The second-order valence-electron chi connectivity index (χ2n) is 11.1. The number of fused-ring (bicyclic) bond motifs is 1. The van der Waals surface area contributed by atoms with Gasteiger partial charge >= 0.3 is 12.4 Å². The fourth-order valence-corrected chi connectivity index (χ4v) is 5.87. The Morgan fingerprint density at radius 1 is 0.952 bits per heavy atom. The van der Waals surface area contributed by atoms with Crippen LogP contribution in [0, 0.1) is 5.92 Å². The molecule has 2 aliphatic rings. The summed E-state index contributed by atoms with van der Waals surface area (Å²) in [5.41, 5.74) is 11.4. The van der Waals surface area contributed by atoms with E-state index in [1.807, 2.05) is 0 Å². The minimum Gasteiger partial charge on any atom is -0.368 e. The SMILES string of the molecule is CCN(CC1CCCC1)c1nc2c(cc1CN(Cc1cc(C(F)(F)F)cc(C(F)(F)F)c1)C(N)=NNNC)CCCC2. The number of nitrogens with zero attached hydrogens (tertiary/aromatic N) is 4. The van der Waals surface area contributed by atoms with Gasteiger partial charge in [0.2, 0.25) is 5.96 Å². The normalized spacial score (nSPS) is 16.4. The molecule has 0 spiro atoms. The van der Waals surface area contributed by atoms with Crippen molar-refractivity contribution in [2.75, 3.05) is 25.0 Å². The van der Waals surface area contributed by atoms with Gasteiger partial charge in [-0.15, -0.1) is 5.10 Å². The van der Waals surface area contributed by atoms with Crippen LogP contribution in [-0.4, -0.2) is 36.0 Å². The smallest absolute Gasteiger partial charge is 0.368 e. The van der Waals surface area contributed by atoms with Gasteiger partial charge in [-0.1, -0.05) is 12.8 Å². The number of aromatic nitrogens is 1. The third-order valence-corrected chi connectivity index (χ3v) is 7.98. The number of anilines is 1. The van der Waals surface area contributed by atoms with Crippen LogP contribution in [0.3, 0.4) is 0 Å². The zero-order valence-electron chi connectivity index (χ0n) is 24.0. The summed E-state index contributed by atoms with van der Waals surface area (Å²) in [6, 6.07) is 3.66. The maximum Gasteiger partial charge on any atom is 0.416 e. The average Bonchev–Trinajstić information content (AvgIpc) is 3.46. The number of benzene rings is 1. The van der Waals surface area contributed by atoms with Crippen molar-refractivity contribution < 1.29 is 26.3 Å². The highest BCUT2D eigenvalue weighted by atomic mass is 19.4. The Labute approximate surface area is 242 Å². The van der Waals surface area contributed by atoms with Gasteiger partial charge in [0, 0.05) is 44.5 Å². The van der Waals surface area contributed by atoms with E-state index >= 15 is 0 Å². The monoisotopic (exact) mass is 599 g/mol. The molecule has 42 heavy (non-hydrogen) atoms. The first-order valence-electron chi connectivity index (χ1n) is 14.4. The number of hydrogen-bond acceptors (Lipinski definition) is 5. The van der Waals surface area contributed by atoms with E-state index in [2.05, 4.69) is 34.0 Å². The molecule has 13 heteroatoms. The van der Waals surface area contributed by atoms with E-state index in [1.54, 1.807) is 7.05 Å². The molecule has 4 rings (SSSR count). The first-order valence-corrected chi connectivity index (χ1v) is 14.4. The van der Waals surface area contributed by atoms with E-state index in [0.29, 0.717) is 12.5 Å². The number of guanidine groups is 1. The Balaban J connectivity index is 1.75. The van der Waals surface area contributed by atoms with Gasteiger partial charge in [0.1, 0.15) is 5.82 Å². The van der Waals surface area contributed by atoms with Gasteiger partial charge in [-0.2, -0.15) is 26.3 Å². The highest BCUT2D eigenvalue weighted by molar-refractivity contribution is 5.78. The first kappa shape index (κ1) is 31.7. The van der Waals surface area contributed by atoms with Crippen molar-refractivity contribution >= 4 is 11.8 Å². The second kappa shape index (κ2) is 13.4. The van der Waals surface area contributed by atoms with Gasteiger partial charge in [0.25, 0.3) is 0 Å². The number of nitrogens with one attached hydrogen (secondary N) is 2. The lowest BCUT2D eigenvalue weighted by atomic mass is 9.94. The van der Waals surface area contributed by atoms with Gasteiger partial charge in [0.05, 0.1) is 11.1 Å². The zero-order valence-corrected chi connectivity index (χ0v) is 24.0. The molecule has 0 radical (unpaired) electrons. The number of hydrazone groups is 1. The Morgan fingerprint density at radius 2 is 1.60 bits per heavy atom. The summed E-state index contributed by atoms with van der Waals surface area (Å²) in [7, 11) is 1.55. The van der Waals surface area contributed by atoms with Crippen molar-refractivity contribution in [2.24, 2.45) is 16.8 Å². The van der Waals surface area contributed by atoms with E-state index in [-0.39, 0.29) is 30.7 Å². The van der Waals surface area contributed by atoms with Crippen LogP contribution in [0.15, 0.2) is 29.4 Å². The molecule has 7 nitrogen and oxygen atoms in total. The molecule has 1 aromatic carbocycles. The minimum atomic E-state index is -4.95. The Hall–Kier alpha value is -3.22. The van der Waals surface area contributed by atoms with Crippen LogP contribution in [0.4, 0.5) is 32.2 Å². The van der Waals surface area contributed by atoms with E-state index in [0.717, 1.165) is 79.8 Å². The van der Waals surface area contributed by atoms with Crippen molar-refractivity contribution in [2.45, 2.75) is 83.7 Å². The lowest BCUT2D eigenvalue weighted by Crippen LogP contribution is -2.40. The molecular formula is C29H39F6N7. The third kappa shape index (κ3) is 7.99. The average molecular weight is 600 g/mol. The van der Waals surface area contributed by atoms with Gasteiger partial charge in [-0.05, 0) is 86.8 Å². The molecule has 2 aliphatic carbocycles. The molecular weight excluding hydrogens is 560 g/mol. The van der Waals surface area contributed by atoms with Crippen molar-refractivity contribution in [3.05, 3.63) is 57.8 Å². The number of hydrazine groups is 1. The standard InChI is InChI=1S/C29H39F6N7/c1-3-41(16-19-8-4-5-9-19)26-22(14-21-10-6-7-11-25(21)38-26)18-42(27(36)39-40-37-2)17-20-12-23(28(30,31)32)15-24(13-20)29(33,34)35/h12-15,19,37,40H,3-11,16-18H2,1-2H3,(H2,36,39). The summed E-state index contributed by atoms with van der Waals surface area (Å²) >= 11 is 0. The van der Waals surface area contributed by atoms with E-state index in [4.69, 9.17) is 10.7 Å². The molecule has 232 valence electrons. The quantitative estimate of drug-likeness (QED) is 0.135. The maximum absolute atomic E-state index is 13.6. The zero-order chi connectivity index (χ0) is 30.5. The fraction of sp³-hybridized carbons (Fsp3) is 0.586. The Kier molecular flexibility index (Phi) is 10.1. The summed E-state index contributed by atoms with van der Waals surface area (Å²) in [5.74, 6) is 1.23. The maximum atomic E-state index is 13.6. The van der Waals surface area contributed by atoms with Crippen LogP contribution < -0.4 is 21.6 Å². The van der Waals surface area contributed by atoms with E-state index in [9.17, 15) is 26.3 Å². The van der Waals surface area contributed by atoms with Crippen LogP contribution in [-0.2, 0) is 38.3 Å². The lowest BCUT2D eigenvalue weighted by molar-refractivity contribution is -0.143. The highest BCUT2D eigenvalue weighted by Crippen LogP contribution is 2.37. The number of pyridine rings is 1. The van der Waals surface area contributed by atoms with E-state index in [1.165, 1.54) is 17.7 Å². The summed E-state index contributed by atoms with van der Waals surface area (Å²) < 4.78 is 81.6. The number of alkyl halides is 6. The predicted octanol–water partition coefficient (Wildman–Crippen LogP) is 5.97. The van der Waals surface area contributed by atoms with Crippen LogP contribution in [0.1, 0.15) is 79.0 Å². The number of halogens is 6. The summed E-state index contributed by atoms with van der Waals surface area (Å²) in [6.07, 6.45) is -1.42. The topological polar surface area (TPSA) is 81.8 Å². The van der Waals surface area contributed by atoms with Crippen LogP contribution in [0.25, 0.3) is 0 Å². The molecule has 1 heterocycles. The molecule has 0 saturated heterocycles. The molecule has 1 saturated carbocycles. The summed E-state index contributed by atoms with van der Waals surface area (Å²) in [4.78, 5) is 8.80. The molecule has 0 aliphatic heterocycles. The van der Waals surface area contributed by atoms with Crippen molar-refractivity contribution in [3.8, 4) is 0 Å². The van der Waals surface area contributed by atoms with Crippen LogP contribution in [0.2, 0.25) is 0 Å². The van der Waals surface area contributed by atoms with Crippen molar-refractivity contribution in [1.82, 2.24) is 20.8 Å². The summed E-state index contributed by atoms with van der Waals surface area (Å²) in [5, 5.41) is 4.02. The third-order valence-electron chi connectivity index (χ3n) is 7.98. The number of rotatable bonds is 10. The minimum absolute atomic E-state index is 0.0924. The van der Waals surface area contributed by atoms with E-state index < -0.39 is 23.5 Å². The molecule has 0 amide bonds. The second-order valence-corrected chi connectivity index (χ2v) is 11.1. The van der Waals surface area contributed by atoms with Gasteiger partial charge in [0.15, 0.2) is 0 Å². The van der Waals surface area contributed by atoms with Crippen molar-refractivity contribution in [3.63, 3.8) is 0 Å². The van der Waals surface area contributed by atoms with Crippen LogP contribution >= 0.6 is 0 Å². The number of aryl methyl sites for hydroxylation is 2. The molecule has 0 unspecified atom stereocenters. The molecule has 2 aromatic rings. The van der Waals surface area contributed by atoms with Gasteiger partial charge in [-0.25, -0.2) is 15.9 Å². The van der Waals surface area contributed by atoms with Gasteiger partial charge < -0.3 is 15.5 Å². The first-order chi connectivity index (χ1) is 19.9. The predicted molar refractivity (Wildman–Crippen MR) is 150 cm³/mol. The Morgan fingerprint density at radius 3 is 2.19 bits per heavy atom. The van der Waals surface area contributed by atoms with Crippen LogP contribution in [0.5, 0.6) is 0 Å². The van der Waals surface area contributed by atoms with Crippen molar-refractivity contribution in [1.29, 1.82) is 0 Å². The Bertz CT molecular complexity index is 1210. The molecule has 0 atom stereocenters. The highest BCUT2D eigenvalue weighted by Gasteiger charge is 2.37. The fourth-order valence-electron chi connectivity index (χ4n) is 5.87. The molecule has 4 N–H and O–H groups in total. The molecule has 1 fully saturated rings. The number of nitrogens with two attached hydrogens (primary N) is 1. The summed E-state index contributed by atoms with van der Waals surface area (Å²) in [6.45, 7) is 3.37. The molecule has 1 aromatic heterocycles.